The van der Waals surface area contributed by atoms with Gasteiger partial charge in [0.15, 0.2) is 5.65 Å². The SMILES string of the molecule is Cn1c2nc(CC(=N)/C=C\N)sc2c2cnn(Cc3cccc(N)n3)c(=O)c21. The lowest BCUT2D eigenvalue weighted by atomic mass is 10.3. The number of nitrogens with two attached hydrogens (primary N) is 2. The first-order valence-electron chi connectivity index (χ1n) is 8.49. The van der Waals surface area contributed by atoms with E-state index in [2.05, 4.69) is 15.1 Å². The highest BCUT2D eigenvalue weighted by Crippen LogP contribution is 2.31. The first kappa shape index (κ1) is 17.9. The van der Waals surface area contributed by atoms with Gasteiger partial charge in [-0.25, -0.2) is 14.6 Å². The van der Waals surface area contributed by atoms with E-state index in [1.54, 1.807) is 29.0 Å². The number of thiazole rings is 1. The van der Waals surface area contributed by atoms with Gasteiger partial charge in [-0.1, -0.05) is 6.07 Å². The van der Waals surface area contributed by atoms with Crippen molar-refractivity contribution >= 4 is 44.1 Å². The first-order chi connectivity index (χ1) is 13.5. The minimum absolute atomic E-state index is 0.213. The van der Waals surface area contributed by atoms with E-state index in [9.17, 15) is 4.79 Å². The molecular formula is C18H18N8OS. The number of aryl methyl sites for hydroxylation is 1. The van der Waals surface area contributed by atoms with E-state index >= 15 is 0 Å². The third-order valence-corrected chi connectivity index (χ3v) is 5.43. The molecule has 0 bridgehead atoms. The van der Waals surface area contributed by atoms with Crippen LogP contribution in [0.5, 0.6) is 0 Å². The topological polar surface area (TPSA) is 141 Å². The summed E-state index contributed by atoms with van der Waals surface area (Å²) in [4.78, 5) is 21.8. The lowest BCUT2D eigenvalue weighted by Gasteiger charge is -2.05. The number of pyridine rings is 1. The van der Waals surface area contributed by atoms with E-state index in [0.29, 0.717) is 34.8 Å². The molecule has 0 radical (unpaired) electrons. The zero-order valence-corrected chi connectivity index (χ0v) is 15.9. The van der Waals surface area contributed by atoms with Crippen molar-refractivity contribution in [3.05, 3.63) is 57.7 Å². The predicted molar refractivity (Wildman–Crippen MR) is 111 cm³/mol. The summed E-state index contributed by atoms with van der Waals surface area (Å²) < 4.78 is 4.03. The summed E-state index contributed by atoms with van der Waals surface area (Å²) >= 11 is 1.46. The molecule has 4 aromatic rings. The Hall–Kier alpha value is -3.53. The molecule has 28 heavy (non-hydrogen) atoms. The highest BCUT2D eigenvalue weighted by Gasteiger charge is 2.18. The van der Waals surface area contributed by atoms with Gasteiger partial charge in [0.2, 0.25) is 0 Å². The van der Waals surface area contributed by atoms with E-state index in [4.69, 9.17) is 16.9 Å². The molecule has 142 valence electrons. The van der Waals surface area contributed by atoms with Gasteiger partial charge in [0.1, 0.15) is 16.3 Å². The number of nitrogen functional groups attached to an aromatic ring is 1. The molecular weight excluding hydrogens is 376 g/mol. The van der Waals surface area contributed by atoms with Gasteiger partial charge in [0.05, 0.1) is 23.1 Å². The van der Waals surface area contributed by atoms with Crippen LogP contribution in [0.4, 0.5) is 5.82 Å². The number of hydrogen-bond acceptors (Lipinski definition) is 8. The van der Waals surface area contributed by atoms with E-state index in [-0.39, 0.29) is 12.1 Å². The molecule has 0 amide bonds. The summed E-state index contributed by atoms with van der Waals surface area (Å²) in [6.07, 6.45) is 4.94. The van der Waals surface area contributed by atoms with Gasteiger partial charge in [-0.05, 0) is 24.4 Å². The molecule has 5 N–H and O–H groups in total. The zero-order valence-electron chi connectivity index (χ0n) is 15.1. The molecule has 0 aliphatic carbocycles. The number of aromatic nitrogens is 5. The van der Waals surface area contributed by atoms with Crippen LogP contribution in [-0.2, 0) is 20.0 Å². The van der Waals surface area contributed by atoms with Gasteiger partial charge in [-0.3, -0.25) is 4.79 Å². The predicted octanol–water partition coefficient (Wildman–Crippen LogP) is 1.40. The second-order valence-electron chi connectivity index (χ2n) is 6.30. The van der Waals surface area contributed by atoms with Crippen molar-refractivity contribution in [1.82, 2.24) is 24.3 Å². The van der Waals surface area contributed by atoms with Gasteiger partial charge >= 0.3 is 0 Å². The van der Waals surface area contributed by atoms with Crippen molar-refractivity contribution in [1.29, 1.82) is 5.41 Å². The Balaban J connectivity index is 1.77. The van der Waals surface area contributed by atoms with E-state index < -0.39 is 0 Å². The fourth-order valence-corrected chi connectivity index (χ4v) is 4.23. The molecule has 4 rings (SSSR count). The van der Waals surface area contributed by atoms with E-state index in [1.165, 1.54) is 28.3 Å². The molecule has 0 aromatic carbocycles. The summed E-state index contributed by atoms with van der Waals surface area (Å²) in [6, 6.07) is 5.29. The average molecular weight is 394 g/mol. The number of fused-ring (bicyclic) bond motifs is 3. The van der Waals surface area contributed by atoms with Crippen LogP contribution in [0.3, 0.4) is 0 Å². The highest BCUT2D eigenvalue weighted by atomic mass is 32.1. The lowest BCUT2D eigenvalue weighted by molar-refractivity contribution is 0.633. The second-order valence-corrected chi connectivity index (χ2v) is 7.39. The molecule has 0 unspecified atom stereocenters. The fraction of sp³-hybridized carbons (Fsp3) is 0.167. The molecule has 0 aliphatic heterocycles. The van der Waals surface area contributed by atoms with Crippen LogP contribution in [0.25, 0.3) is 21.3 Å². The van der Waals surface area contributed by atoms with Crippen molar-refractivity contribution in [2.24, 2.45) is 12.8 Å². The van der Waals surface area contributed by atoms with Crippen LogP contribution >= 0.6 is 11.3 Å². The van der Waals surface area contributed by atoms with Crippen molar-refractivity contribution in [2.45, 2.75) is 13.0 Å². The minimum Gasteiger partial charge on any atom is -0.405 e. The summed E-state index contributed by atoms with van der Waals surface area (Å²) in [5, 5.41) is 13.7. The maximum atomic E-state index is 13.0. The Labute approximate surface area is 163 Å². The Bertz CT molecular complexity index is 1300. The molecule has 4 aromatic heterocycles. The summed E-state index contributed by atoms with van der Waals surface area (Å²) in [5.74, 6) is 0.401. The summed E-state index contributed by atoms with van der Waals surface area (Å²) in [7, 11) is 1.81. The van der Waals surface area contributed by atoms with Crippen molar-refractivity contribution in [3.63, 3.8) is 0 Å². The molecule has 0 saturated carbocycles. The van der Waals surface area contributed by atoms with Crippen LogP contribution in [0.2, 0.25) is 0 Å². The van der Waals surface area contributed by atoms with Crippen LogP contribution in [0, 0.1) is 5.41 Å². The molecule has 0 atom stereocenters. The zero-order chi connectivity index (χ0) is 19.8. The number of hydrogen-bond donors (Lipinski definition) is 3. The number of allylic oxidation sites excluding steroid dienone is 1. The summed E-state index contributed by atoms with van der Waals surface area (Å²) in [5.41, 5.74) is 13.1. The third kappa shape index (κ3) is 3.03. The molecule has 9 nitrogen and oxygen atoms in total. The highest BCUT2D eigenvalue weighted by molar-refractivity contribution is 7.19. The fourth-order valence-electron chi connectivity index (χ4n) is 3.10. The van der Waals surface area contributed by atoms with Crippen LogP contribution < -0.4 is 17.0 Å². The first-order valence-corrected chi connectivity index (χ1v) is 9.30. The summed E-state index contributed by atoms with van der Waals surface area (Å²) in [6.45, 7) is 0.236. The Morgan fingerprint density at radius 1 is 1.36 bits per heavy atom. The number of anilines is 1. The molecule has 0 spiro atoms. The van der Waals surface area contributed by atoms with Crippen molar-refractivity contribution in [3.8, 4) is 0 Å². The van der Waals surface area contributed by atoms with Gasteiger partial charge < -0.3 is 21.4 Å². The maximum Gasteiger partial charge on any atom is 0.291 e. The normalized spacial score (nSPS) is 11.8. The Morgan fingerprint density at radius 2 is 2.18 bits per heavy atom. The average Bonchev–Trinajstić information content (AvgIpc) is 3.16. The minimum atomic E-state index is -0.213. The van der Waals surface area contributed by atoms with Crippen molar-refractivity contribution < 1.29 is 0 Å². The standard InChI is InChI=1S/C18H18N8OS/c1-25-15-12(16-17(25)24-14(28-16)7-10(20)5-6-19)8-22-26(18(15)27)9-11-3-2-4-13(21)23-11/h2-6,8,20H,7,9,19H2,1H3,(H2,21,23)/b6-5-,20-10?. The van der Waals surface area contributed by atoms with Crippen molar-refractivity contribution in [2.75, 3.05) is 5.73 Å². The largest absolute Gasteiger partial charge is 0.405 e. The van der Waals surface area contributed by atoms with Gasteiger partial charge in [-0.15, -0.1) is 11.3 Å². The van der Waals surface area contributed by atoms with Crippen LogP contribution in [0.1, 0.15) is 10.7 Å². The quantitative estimate of drug-likeness (QED) is 0.437. The molecule has 4 heterocycles. The Morgan fingerprint density at radius 3 is 2.93 bits per heavy atom. The third-order valence-electron chi connectivity index (χ3n) is 4.35. The molecule has 0 fully saturated rings. The Kier molecular flexibility index (Phi) is 4.40. The van der Waals surface area contributed by atoms with Crippen LogP contribution in [0.15, 0.2) is 41.5 Å². The van der Waals surface area contributed by atoms with Gasteiger partial charge in [-0.2, -0.15) is 5.10 Å². The van der Waals surface area contributed by atoms with E-state index in [1.807, 2.05) is 7.05 Å². The van der Waals surface area contributed by atoms with Crippen LogP contribution in [-0.4, -0.2) is 30.0 Å². The van der Waals surface area contributed by atoms with Gasteiger partial charge in [0.25, 0.3) is 5.56 Å². The van der Waals surface area contributed by atoms with Gasteiger partial charge in [0, 0.05) is 24.6 Å². The molecule has 10 heteroatoms. The monoisotopic (exact) mass is 394 g/mol. The van der Waals surface area contributed by atoms with E-state index in [0.717, 1.165) is 15.1 Å². The lowest BCUT2D eigenvalue weighted by Crippen LogP contribution is -2.25. The smallest absolute Gasteiger partial charge is 0.291 e. The molecule has 0 saturated heterocycles. The second kappa shape index (κ2) is 6.89. The number of nitrogens with one attached hydrogen (secondary N) is 1. The number of rotatable bonds is 5. The maximum absolute atomic E-state index is 13.0. The number of nitrogens with zero attached hydrogens (tertiary/aromatic N) is 5. The molecule has 0 aliphatic rings.